The Labute approximate surface area is 172 Å². The first-order chi connectivity index (χ1) is 13.4. The molecule has 2 aromatic heterocycles. The van der Waals surface area contributed by atoms with Gasteiger partial charge >= 0.3 is 0 Å². The van der Waals surface area contributed by atoms with Crippen LogP contribution in [-0.2, 0) is 22.7 Å². The summed E-state index contributed by atoms with van der Waals surface area (Å²) >= 11 is 6.82. The number of carbonyl (C=O) groups excluding carboxylic acids is 2. The summed E-state index contributed by atoms with van der Waals surface area (Å²) in [5, 5.41) is 4.69. The number of nitrogens with one attached hydrogen (secondary N) is 1. The zero-order valence-corrected chi connectivity index (χ0v) is 17.3. The smallest absolute Gasteiger partial charge is 0.242 e. The monoisotopic (exact) mass is 415 g/mol. The van der Waals surface area contributed by atoms with E-state index in [1.54, 1.807) is 25.4 Å². The molecule has 2 amide bonds. The molecule has 0 spiro atoms. The van der Waals surface area contributed by atoms with Crippen molar-refractivity contribution < 1.29 is 14.0 Å². The van der Waals surface area contributed by atoms with Gasteiger partial charge in [0.2, 0.25) is 11.8 Å². The Morgan fingerprint density at radius 1 is 1.25 bits per heavy atom. The van der Waals surface area contributed by atoms with Crippen molar-refractivity contribution in [3.8, 4) is 11.3 Å². The van der Waals surface area contributed by atoms with Crippen LogP contribution in [-0.4, -0.2) is 34.9 Å². The number of furan rings is 1. The van der Waals surface area contributed by atoms with Crippen molar-refractivity contribution in [1.82, 2.24) is 14.8 Å². The zero-order valence-electron chi connectivity index (χ0n) is 15.7. The molecule has 3 rings (SSSR count). The van der Waals surface area contributed by atoms with Gasteiger partial charge in [0.25, 0.3) is 0 Å². The summed E-state index contributed by atoms with van der Waals surface area (Å²) in [6, 6.07) is 11.6. The predicted octanol–water partition coefficient (Wildman–Crippen LogP) is 3.62. The molecule has 0 bridgehead atoms. The molecule has 2 heterocycles. The largest absolute Gasteiger partial charge is 0.467 e. The Kier molecular flexibility index (Phi) is 6.43. The highest BCUT2D eigenvalue weighted by molar-refractivity contribution is 7.73. The molecule has 0 unspecified atom stereocenters. The number of amides is 2. The lowest BCUT2D eigenvalue weighted by atomic mass is 10.1. The van der Waals surface area contributed by atoms with Crippen molar-refractivity contribution in [3.05, 3.63) is 63.3 Å². The second-order valence-electron chi connectivity index (χ2n) is 6.44. The molecule has 28 heavy (non-hydrogen) atoms. The number of thiazole rings is 1. The third kappa shape index (κ3) is 4.96. The number of likely N-dealkylation sites (N-methyl/N-ethyl adjacent to an activating group) is 1. The normalized spacial score (nSPS) is 10.6. The first-order valence-corrected chi connectivity index (χ1v) is 10.0. The van der Waals surface area contributed by atoms with Crippen molar-refractivity contribution in [2.75, 3.05) is 13.6 Å². The van der Waals surface area contributed by atoms with Gasteiger partial charge in [0.1, 0.15) is 12.3 Å². The average Bonchev–Trinajstić information content (AvgIpc) is 3.31. The van der Waals surface area contributed by atoms with E-state index in [1.165, 1.54) is 21.8 Å². The number of nitrogens with zero attached hydrogens (tertiary/aromatic N) is 2. The summed E-state index contributed by atoms with van der Waals surface area (Å²) in [5.74, 6) is 0.227. The quantitative estimate of drug-likeness (QED) is 0.599. The van der Waals surface area contributed by atoms with Crippen LogP contribution in [0.3, 0.4) is 0 Å². The molecule has 0 radical (unpaired) electrons. The van der Waals surface area contributed by atoms with Gasteiger partial charge in [-0.2, -0.15) is 0 Å². The molecule has 6 nitrogen and oxygen atoms in total. The summed E-state index contributed by atoms with van der Waals surface area (Å²) < 4.78 is 7.61. The summed E-state index contributed by atoms with van der Waals surface area (Å²) in [5.41, 5.74) is 3.07. The summed E-state index contributed by atoms with van der Waals surface area (Å²) in [4.78, 5) is 26.1. The van der Waals surface area contributed by atoms with E-state index in [0.717, 1.165) is 11.3 Å². The van der Waals surface area contributed by atoms with Gasteiger partial charge in [-0.15, -0.1) is 11.3 Å². The SMILES string of the molecule is Cc1ccc(-c2csc(=S)n2CC(=O)N(C)CC(=O)NCc2ccco2)cc1. The minimum Gasteiger partial charge on any atom is -0.467 e. The number of hydrogen-bond acceptors (Lipinski definition) is 5. The van der Waals surface area contributed by atoms with Gasteiger partial charge in [0, 0.05) is 12.4 Å². The van der Waals surface area contributed by atoms with Gasteiger partial charge in [-0.25, -0.2) is 0 Å². The van der Waals surface area contributed by atoms with Crippen molar-refractivity contribution in [2.45, 2.75) is 20.0 Å². The summed E-state index contributed by atoms with van der Waals surface area (Å²) in [7, 11) is 1.61. The van der Waals surface area contributed by atoms with Crippen LogP contribution in [0.5, 0.6) is 0 Å². The summed E-state index contributed by atoms with van der Waals surface area (Å²) in [6.07, 6.45) is 1.55. The van der Waals surface area contributed by atoms with Crippen LogP contribution < -0.4 is 5.32 Å². The van der Waals surface area contributed by atoms with E-state index in [-0.39, 0.29) is 24.9 Å². The van der Waals surface area contributed by atoms with Gasteiger partial charge < -0.3 is 19.2 Å². The van der Waals surface area contributed by atoms with Crippen LogP contribution in [0.25, 0.3) is 11.3 Å². The fourth-order valence-corrected chi connectivity index (χ4v) is 3.72. The van der Waals surface area contributed by atoms with E-state index in [0.29, 0.717) is 16.3 Å². The van der Waals surface area contributed by atoms with Crippen molar-refractivity contribution in [2.24, 2.45) is 0 Å². The van der Waals surface area contributed by atoms with E-state index in [9.17, 15) is 9.59 Å². The van der Waals surface area contributed by atoms with Crippen LogP contribution in [0.15, 0.2) is 52.5 Å². The molecule has 0 aliphatic heterocycles. The topological polar surface area (TPSA) is 67.5 Å². The zero-order chi connectivity index (χ0) is 20.1. The molecule has 146 valence electrons. The molecule has 0 aliphatic carbocycles. The molecule has 0 saturated heterocycles. The van der Waals surface area contributed by atoms with E-state index in [1.807, 2.05) is 41.1 Å². The Hall–Kier alpha value is -2.71. The van der Waals surface area contributed by atoms with Gasteiger partial charge in [0.15, 0.2) is 3.95 Å². The van der Waals surface area contributed by atoms with Gasteiger partial charge in [-0.3, -0.25) is 9.59 Å². The molecule has 0 saturated carbocycles. The highest BCUT2D eigenvalue weighted by Gasteiger charge is 2.16. The van der Waals surface area contributed by atoms with Crippen LogP contribution in [0.1, 0.15) is 11.3 Å². The number of benzene rings is 1. The maximum atomic E-state index is 12.6. The van der Waals surface area contributed by atoms with E-state index in [2.05, 4.69) is 5.32 Å². The van der Waals surface area contributed by atoms with Crippen molar-refractivity contribution in [1.29, 1.82) is 0 Å². The van der Waals surface area contributed by atoms with Crippen molar-refractivity contribution >= 4 is 35.4 Å². The maximum absolute atomic E-state index is 12.6. The molecule has 1 N–H and O–H groups in total. The van der Waals surface area contributed by atoms with Gasteiger partial charge in [-0.1, -0.05) is 29.8 Å². The second kappa shape index (κ2) is 8.99. The number of hydrogen-bond donors (Lipinski definition) is 1. The van der Waals surface area contributed by atoms with E-state index in [4.69, 9.17) is 16.6 Å². The van der Waals surface area contributed by atoms with Gasteiger partial charge in [0.05, 0.1) is 25.0 Å². The number of carbonyl (C=O) groups is 2. The maximum Gasteiger partial charge on any atom is 0.242 e. The molecule has 0 fully saturated rings. The number of aromatic nitrogens is 1. The Morgan fingerprint density at radius 2 is 2.00 bits per heavy atom. The lowest BCUT2D eigenvalue weighted by molar-refractivity contribution is -0.135. The fraction of sp³-hybridized carbons (Fsp3) is 0.250. The van der Waals surface area contributed by atoms with E-state index < -0.39 is 0 Å². The van der Waals surface area contributed by atoms with Crippen LogP contribution in [0.2, 0.25) is 0 Å². The van der Waals surface area contributed by atoms with Crippen molar-refractivity contribution in [3.63, 3.8) is 0 Å². The Balaban J connectivity index is 1.62. The highest BCUT2D eigenvalue weighted by Crippen LogP contribution is 2.24. The van der Waals surface area contributed by atoms with E-state index >= 15 is 0 Å². The molecule has 1 aromatic carbocycles. The standard InChI is InChI=1S/C20H21N3O3S2/c1-14-5-7-15(8-6-14)17-13-28-20(27)23(17)12-19(25)22(2)11-18(24)21-10-16-4-3-9-26-16/h3-9,13H,10-12H2,1-2H3,(H,21,24). The third-order valence-corrected chi connectivity index (χ3v) is 5.54. The van der Waals surface area contributed by atoms with Crippen LogP contribution >= 0.6 is 23.6 Å². The predicted molar refractivity (Wildman–Crippen MR) is 112 cm³/mol. The fourth-order valence-electron chi connectivity index (χ4n) is 2.64. The molecular weight excluding hydrogens is 394 g/mol. The summed E-state index contributed by atoms with van der Waals surface area (Å²) in [6.45, 7) is 2.38. The molecular formula is C20H21N3O3S2. The highest BCUT2D eigenvalue weighted by atomic mass is 32.1. The third-order valence-electron chi connectivity index (χ3n) is 4.27. The molecule has 3 aromatic rings. The minimum atomic E-state index is -0.250. The second-order valence-corrected chi connectivity index (χ2v) is 7.95. The average molecular weight is 416 g/mol. The first kappa shape index (κ1) is 20.0. The number of aryl methyl sites for hydroxylation is 1. The molecule has 8 heteroatoms. The van der Waals surface area contributed by atoms with Crippen LogP contribution in [0, 0.1) is 10.9 Å². The lowest BCUT2D eigenvalue weighted by Gasteiger charge is -2.18. The lowest BCUT2D eigenvalue weighted by Crippen LogP contribution is -2.39. The Morgan fingerprint density at radius 3 is 2.68 bits per heavy atom. The molecule has 0 atom stereocenters. The van der Waals surface area contributed by atoms with Gasteiger partial charge in [-0.05, 0) is 36.8 Å². The first-order valence-electron chi connectivity index (χ1n) is 8.72. The number of rotatable bonds is 7. The van der Waals surface area contributed by atoms with Crippen LogP contribution in [0.4, 0.5) is 0 Å². The minimum absolute atomic E-state index is 0.0309. The molecule has 0 aliphatic rings. The Bertz CT molecular complexity index is 1000.